The van der Waals surface area contributed by atoms with E-state index in [-0.39, 0.29) is 0 Å². The highest BCUT2D eigenvalue weighted by molar-refractivity contribution is 5.50. The zero-order chi connectivity index (χ0) is 8.39. The first-order valence-electron chi connectivity index (χ1n) is 3.42. The summed E-state index contributed by atoms with van der Waals surface area (Å²) in [5.74, 6) is 1.06. The van der Waals surface area contributed by atoms with Crippen molar-refractivity contribution in [3.05, 3.63) is 24.6 Å². The molecule has 0 fully saturated rings. The summed E-state index contributed by atoms with van der Waals surface area (Å²) in [6, 6.07) is 0. The van der Waals surface area contributed by atoms with E-state index in [4.69, 9.17) is 4.52 Å². The van der Waals surface area contributed by atoms with Crippen LogP contribution in [0.4, 0.5) is 0 Å². The van der Waals surface area contributed by atoms with Gasteiger partial charge < -0.3 is 4.52 Å². The molecule has 5 nitrogen and oxygen atoms in total. The van der Waals surface area contributed by atoms with Gasteiger partial charge in [0.2, 0.25) is 11.7 Å². The first kappa shape index (κ1) is 6.90. The quantitative estimate of drug-likeness (QED) is 0.621. The third-order valence-corrected chi connectivity index (χ3v) is 1.35. The maximum atomic E-state index is 4.80. The molecule has 2 aromatic heterocycles. The summed E-state index contributed by atoms with van der Waals surface area (Å²) >= 11 is 0. The third-order valence-electron chi connectivity index (χ3n) is 1.35. The normalized spacial score (nSPS) is 10.1. The SMILES string of the molecule is Cc1nc(-c2cncnc2)no1. The van der Waals surface area contributed by atoms with E-state index in [9.17, 15) is 0 Å². The van der Waals surface area contributed by atoms with Crippen LogP contribution in [0.5, 0.6) is 0 Å². The number of hydrogen-bond donors (Lipinski definition) is 0. The smallest absolute Gasteiger partial charge is 0.223 e. The molecule has 12 heavy (non-hydrogen) atoms. The van der Waals surface area contributed by atoms with Crippen LogP contribution in [0.25, 0.3) is 11.4 Å². The van der Waals surface area contributed by atoms with Crippen LogP contribution in [-0.4, -0.2) is 20.1 Å². The summed E-state index contributed by atoms with van der Waals surface area (Å²) in [5.41, 5.74) is 0.759. The van der Waals surface area contributed by atoms with Gasteiger partial charge >= 0.3 is 0 Å². The van der Waals surface area contributed by atoms with Crippen LogP contribution >= 0.6 is 0 Å². The highest BCUT2D eigenvalue weighted by Gasteiger charge is 2.04. The number of rotatable bonds is 1. The van der Waals surface area contributed by atoms with Gasteiger partial charge in [0.05, 0.1) is 5.56 Å². The van der Waals surface area contributed by atoms with Crippen LogP contribution in [0.1, 0.15) is 5.89 Å². The fraction of sp³-hybridized carbons (Fsp3) is 0.143. The van der Waals surface area contributed by atoms with E-state index in [1.54, 1.807) is 19.3 Å². The topological polar surface area (TPSA) is 64.7 Å². The van der Waals surface area contributed by atoms with Crippen LogP contribution in [0.3, 0.4) is 0 Å². The number of hydrogen-bond acceptors (Lipinski definition) is 5. The maximum absolute atomic E-state index is 4.80. The minimum absolute atomic E-state index is 0.521. The molecule has 0 radical (unpaired) electrons. The van der Waals surface area contributed by atoms with Gasteiger partial charge in [-0.15, -0.1) is 0 Å². The van der Waals surface area contributed by atoms with Crippen molar-refractivity contribution in [1.29, 1.82) is 0 Å². The molecule has 2 heterocycles. The van der Waals surface area contributed by atoms with E-state index < -0.39 is 0 Å². The van der Waals surface area contributed by atoms with Crippen molar-refractivity contribution < 1.29 is 4.52 Å². The van der Waals surface area contributed by atoms with Crippen LogP contribution in [-0.2, 0) is 0 Å². The van der Waals surface area contributed by atoms with Crippen LogP contribution in [0.2, 0.25) is 0 Å². The average Bonchev–Trinajstić information content (AvgIpc) is 2.54. The van der Waals surface area contributed by atoms with Gasteiger partial charge in [0.1, 0.15) is 6.33 Å². The summed E-state index contributed by atoms with van der Waals surface area (Å²) < 4.78 is 4.80. The lowest BCUT2D eigenvalue weighted by atomic mass is 10.3. The Morgan fingerprint density at radius 1 is 1.25 bits per heavy atom. The van der Waals surface area contributed by atoms with Crippen molar-refractivity contribution in [3.8, 4) is 11.4 Å². The molecule has 0 aliphatic rings. The van der Waals surface area contributed by atoms with Crippen molar-refractivity contribution >= 4 is 0 Å². The van der Waals surface area contributed by atoms with Crippen molar-refractivity contribution in [2.45, 2.75) is 6.92 Å². The first-order chi connectivity index (χ1) is 5.86. The average molecular weight is 162 g/mol. The van der Waals surface area contributed by atoms with Crippen molar-refractivity contribution in [3.63, 3.8) is 0 Å². The van der Waals surface area contributed by atoms with Crippen LogP contribution in [0.15, 0.2) is 23.2 Å². The van der Waals surface area contributed by atoms with E-state index in [1.165, 1.54) is 6.33 Å². The van der Waals surface area contributed by atoms with Crippen molar-refractivity contribution in [2.24, 2.45) is 0 Å². The Balaban J connectivity index is 2.45. The van der Waals surface area contributed by atoms with Gasteiger partial charge in [0, 0.05) is 19.3 Å². The molecule has 2 rings (SSSR count). The summed E-state index contributed by atoms with van der Waals surface area (Å²) in [6.07, 6.45) is 4.73. The van der Waals surface area contributed by atoms with Gasteiger partial charge in [0.25, 0.3) is 0 Å². The molecule has 0 unspecified atom stereocenters. The second kappa shape index (κ2) is 2.69. The van der Waals surface area contributed by atoms with Gasteiger partial charge in [-0.2, -0.15) is 4.98 Å². The minimum atomic E-state index is 0.521. The Morgan fingerprint density at radius 3 is 2.58 bits per heavy atom. The van der Waals surface area contributed by atoms with Crippen LogP contribution < -0.4 is 0 Å². The number of aryl methyl sites for hydroxylation is 1. The second-order valence-corrected chi connectivity index (χ2v) is 2.26. The number of nitrogens with zero attached hydrogens (tertiary/aromatic N) is 4. The molecule has 0 bridgehead atoms. The molecule has 0 saturated heterocycles. The Hall–Kier alpha value is -1.78. The Bertz CT molecular complexity index is 370. The summed E-state index contributed by atoms with van der Waals surface area (Å²) in [6.45, 7) is 1.74. The molecule has 2 aromatic rings. The molecule has 5 heteroatoms. The third kappa shape index (κ3) is 1.16. The molecule has 0 aromatic carbocycles. The molecule has 60 valence electrons. The molecule has 0 aliphatic heterocycles. The molecular weight excluding hydrogens is 156 g/mol. The summed E-state index contributed by atoms with van der Waals surface area (Å²) in [5, 5.41) is 3.72. The summed E-state index contributed by atoms with van der Waals surface area (Å²) in [7, 11) is 0. The Morgan fingerprint density at radius 2 is 2.00 bits per heavy atom. The summed E-state index contributed by atoms with van der Waals surface area (Å²) in [4.78, 5) is 11.7. The van der Waals surface area contributed by atoms with Crippen molar-refractivity contribution in [1.82, 2.24) is 20.1 Å². The minimum Gasteiger partial charge on any atom is -0.339 e. The lowest BCUT2D eigenvalue weighted by molar-refractivity contribution is 0.394. The van der Waals surface area contributed by atoms with E-state index in [1.807, 2.05) is 0 Å². The predicted octanol–water partition coefficient (Wildman–Crippen LogP) is 0.835. The van der Waals surface area contributed by atoms with Crippen LogP contribution in [0, 0.1) is 6.92 Å². The molecule has 0 amide bonds. The molecule has 0 spiro atoms. The first-order valence-corrected chi connectivity index (χ1v) is 3.42. The molecule has 0 N–H and O–H groups in total. The van der Waals surface area contributed by atoms with Gasteiger partial charge in [-0.1, -0.05) is 5.16 Å². The molecule has 0 atom stereocenters. The van der Waals surface area contributed by atoms with E-state index in [2.05, 4.69) is 20.1 Å². The fourth-order valence-corrected chi connectivity index (χ4v) is 0.831. The lowest BCUT2D eigenvalue weighted by Crippen LogP contribution is -1.83. The fourth-order valence-electron chi connectivity index (χ4n) is 0.831. The van der Waals surface area contributed by atoms with E-state index in [0.29, 0.717) is 11.7 Å². The monoisotopic (exact) mass is 162 g/mol. The Kier molecular flexibility index (Phi) is 1.55. The zero-order valence-corrected chi connectivity index (χ0v) is 6.43. The second-order valence-electron chi connectivity index (χ2n) is 2.26. The Labute approximate surface area is 68.5 Å². The maximum Gasteiger partial charge on any atom is 0.223 e. The van der Waals surface area contributed by atoms with E-state index >= 15 is 0 Å². The zero-order valence-electron chi connectivity index (χ0n) is 6.43. The van der Waals surface area contributed by atoms with Gasteiger partial charge in [-0.05, 0) is 0 Å². The van der Waals surface area contributed by atoms with Crippen molar-refractivity contribution in [2.75, 3.05) is 0 Å². The van der Waals surface area contributed by atoms with Gasteiger partial charge in [-0.25, -0.2) is 9.97 Å². The molecule has 0 aliphatic carbocycles. The standard InChI is InChI=1S/C7H6N4O/c1-5-10-7(11-12-5)6-2-8-4-9-3-6/h2-4H,1H3. The van der Waals surface area contributed by atoms with Gasteiger partial charge in [-0.3, -0.25) is 0 Å². The molecular formula is C7H6N4O. The van der Waals surface area contributed by atoms with E-state index in [0.717, 1.165) is 5.56 Å². The predicted molar refractivity (Wildman–Crippen MR) is 40.1 cm³/mol. The number of aromatic nitrogens is 4. The largest absolute Gasteiger partial charge is 0.339 e. The highest BCUT2D eigenvalue weighted by Crippen LogP contribution is 2.11. The van der Waals surface area contributed by atoms with Gasteiger partial charge in [0.15, 0.2) is 0 Å². The lowest BCUT2D eigenvalue weighted by Gasteiger charge is -1.88. The molecule has 0 saturated carbocycles. The highest BCUT2D eigenvalue weighted by atomic mass is 16.5.